The molecule has 0 radical (unpaired) electrons. The first-order valence-corrected chi connectivity index (χ1v) is 4.31. The van der Waals surface area contributed by atoms with Crippen LogP contribution in [-0.2, 0) is 0 Å². The highest BCUT2D eigenvalue weighted by atomic mass is 15.2. The van der Waals surface area contributed by atoms with Gasteiger partial charge in [0.2, 0.25) is 0 Å². The highest BCUT2D eigenvalue weighted by Crippen LogP contribution is 2.34. The van der Waals surface area contributed by atoms with Crippen LogP contribution in [0.15, 0.2) is 6.33 Å². The molecule has 2 N–H and O–H groups in total. The maximum absolute atomic E-state index is 5.69. The molecular formula is C8H12N4. The standard InChI is InChI=1S/C8H12N4/c9-8-7(12-11-5-10-8)6-3-1-2-4-6/h5-6H,1-4H2,(H2,9,10,11). The monoisotopic (exact) mass is 164 g/mol. The molecule has 1 aromatic rings. The molecule has 1 fully saturated rings. The van der Waals surface area contributed by atoms with Crippen molar-refractivity contribution in [3.63, 3.8) is 0 Å². The van der Waals surface area contributed by atoms with Gasteiger partial charge in [0.1, 0.15) is 17.8 Å². The number of nitrogen functional groups attached to an aromatic ring is 1. The van der Waals surface area contributed by atoms with E-state index in [0.29, 0.717) is 11.7 Å². The van der Waals surface area contributed by atoms with Gasteiger partial charge in [0.15, 0.2) is 0 Å². The summed E-state index contributed by atoms with van der Waals surface area (Å²) < 4.78 is 0. The Hall–Kier alpha value is -1.19. The minimum absolute atomic E-state index is 0.506. The molecule has 0 atom stereocenters. The molecule has 1 aromatic heterocycles. The van der Waals surface area contributed by atoms with Crippen molar-refractivity contribution in [2.45, 2.75) is 31.6 Å². The van der Waals surface area contributed by atoms with Crippen LogP contribution >= 0.6 is 0 Å². The summed E-state index contributed by atoms with van der Waals surface area (Å²) in [5.74, 6) is 1.06. The second-order valence-corrected chi connectivity index (χ2v) is 3.21. The van der Waals surface area contributed by atoms with Crippen molar-refractivity contribution in [2.24, 2.45) is 0 Å². The molecule has 0 aliphatic heterocycles. The molecule has 1 heterocycles. The summed E-state index contributed by atoms with van der Waals surface area (Å²) in [5.41, 5.74) is 6.58. The van der Waals surface area contributed by atoms with Crippen LogP contribution in [0.3, 0.4) is 0 Å². The zero-order valence-electron chi connectivity index (χ0n) is 6.90. The highest BCUT2D eigenvalue weighted by molar-refractivity contribution is 5.34. The molecule has 64 valence electrons. The van der Waals surface area contributed by atoms with Crippen molar-refractivity contribution in [1.29, 1.82) is 0 Å². The van der Waals surface area contributed by atoms with Gasteiger partial charge in [-0.15, -0.1) is 10.2 Å². The van der Waals surface area contributed by atoms with Gasteiger partial charge in [0, 0.05) is 5.92 Å². The van der Waals surface area contributed by atoms with Gasteiger partial charge in [-0.25, -0.2) is 4.98 Å². The molecule has 0 amide bonds. The van der Waals surface area contributed by atoms with Gasteiger partial charge in [-0.2, -0.15) is 0 Å². The Morgan fingerprint density at radius 3 is 2.75 bits per heavy atom. The molecule has 0 unspecified atom stereocenters. The van der Waals surface area contributed by atoms with Crippen LogP contribution in [-0.4, -0.2) is 15.2 Å². The third-order valence-corrected chi connectivity index (χ3v) is 2.42. The SMILES string of the molecule is Nc1ncnnc1C1CCCC1. The molecule has 0 spiro atoms. The van der Waals surface area contributed by atoms with E-state index in [1.54, 1.807) is 0 Å². The van der Waals surface area contributed by atoms with Crippen LogP contribution in [0.25, 0.3) is 0 Å². The third-order valence-electron chi connectivity index (χ3n) is 2.42. The summed E-state index contributed by atoms with van der Waals surface area (Å²) in [7, 11) is 0. The smallest absolute Gasteiger partial charge is 0.149 e. The minimum atomic E-state index is 0.506. The van der Waals surface area contributed by atoms with Crippen LogP contribution in [0.1, 0.15) is 37.3 Å². The summed E-state index contributed by atoms with van der Waals surface area (Å²) in [4.78, 5) is 3.93. The van der Waals surface area contributed by atoms with Gasteiger partial charge in [-0.3, -0.25) is 0 Å². The summed E-state index contributed by atoms with van der Waals surface area (Å²) in [6.07, 6.45) is 6.32. The fourth-order valence-electron chi connectivity index (χ4n) is 1.78. The van der Waals surface area contributed by atoms with Crippen LogP contribution in [0.5, 0.6) is 0 Å². The van der Waals surface area contributed by atoms with Gasteiger partial charge in [0.25, 0.3) is 0 Å². The van der Waals surface area contributed by atoms with Gasteiger partial charge in [-0.05, 0) is 12.8 Å². The van der Waals surface area contributed by atoms with E-state index in [1.807, 2.05) is 0 Å². The molecule has 0 saturated heterocycles. The van der Waals surface area contributed by atoms with Crippen LogP contribution in [0.4, 0.5) is 5.82 Å². The van der Waals surface area contributed by atoms with E-state index < -0.39 is 0 Å². The molecular weight excluding hydrogens is 152 g/mol. The first-order chi connectivity index (χ1) is 5.88. The molecule has 1 aliphatic carbocycles. The number of rotatable bonds is 1. The number of nitrogens with two attached hydrogens (primary N) is 1. The molecule has 1 saturated carbocycles. The normalized spacial score (nSPS) is 18.3. The molecule has 0 bridgehead atoms. The summed E-state index contributed by atoms with van der Waals surface area (Å²) >= 11 is 0. The lowest BCUT2D eigenvalue weighted by Gasteiger charge is -2.07. The number of hydrogen-bond donors (Lipinski definition) is 1. The van der Waals surface area contributed by atoms with E-state index in [4.69, 9.17) is 5.73 Å². The summed E-state index contributed by atoms with van der Waals surface area (Å²) in [5, 5.41) is 7.77. The van der Waals surface area contributed by atoms with Crippen molar-refractivity contribution < 1.29 is 0 Å². The lowest BCUT2D eigenvalue weighted by atomic mass is 10.0. The van der Waals surface area contributed by atoms with E-state index in [1.165, 1.54) is 32.0 Å². The van der Waals surface area contributed by atoms with Crippen LogP contribution in [0.2, 0.25) is 0 Å². The van der Waals surface area contributed by atoms with Crippen molar-refractivity contribution >= 4 is 5.82 Å². The van der Waals surface area contributed by atoms with Crippen LogP contribution < -0.4 is 5.73 Å². The molecule has 1 aliphatic rings. The number of hydrogen-bond acceptors (Lipinski definition) is 4. The van der Waals surface area contributed by atoms with E-state index in [9.17, 15) is 0 Å². The Bertz CT molecular complexity index is 268. The Labute approximate surface area is 71.2 Å². The van der Waals surface area contributed by atoms with E-state index in [-0.39, 0.29) is 0 Å². The molecule has 4 heteroatoms. The van der Waals surface area contributed by atoms with E-state index in [0.717, 1.165) is 5.69 Å². The second-order valence-electron chi connectivity index (χ2n) is 3.21. The predicted molar refractivity (Wildman–Crippen MR) is 45.4 cm³/mol. The first kappa shape index (κ1) is 7.46. The zero-order valence-corrected chi connectivity index (χ0v) is 6.90. The largest absolute Gasteiger partial charge is 0.382 e. The van der Waals surface area contributed by atoms with Crippen molar-refractivity contribution in [3.05, 3.63) is 12.0 Å². The van der Waals surface area contributed by atoms with Crippen molar-refractivity contribution in [1.82, 2.24) is 15.2 Å². The Kier molecular flexibility index (Phi) is 1.89. The quantitative estimate of drug-likeness (QED) is 0.675. The molecule has 4 nitrogen and oxygen atoms in total. The van der Waals surface area contributed by atoms with Gasteiger partial charge in [0.05, 0.1) is 0 Å². The Morgan fingerprint density at radius 1 is 1.33 bits per heavy atom. The molecule has 0 aromatic carbocycles. The number of nitrogens with zero attached hydrogens (tertiary/aromatic N) is 3. The van der Waals surface area contributed by atoms with E-state index >= 15 is 0 Å². The second kappa shape index (κ2) is 3.05. The fourth-order valence-corrected chi connectivity index (χ4v) is 1.78. The Morgan fingerprint density at radius 2 is 2.08 bits per heavy atom. The van der Waals surface area contributed by atoms with Gasteiger partial charge >= 0.3 is 0 Å². The highest BCUT2D eigenvalue weighted by Gasteiger charge is 2.21. The summed E-state index contributed by atoms with van der Waals surface area (Å²) in [6, 6.07) is 0. The molecule has 12 heavy (non-hydrogen) atoms. The van der Waals surface area contributed by atoms with Gasteiger partial charge in [-0.1, -0.05) is 12.8 Å². The first-order valence-electron chi connectivity index (χ1n) is 4.31. The maximum atomic E-state index is 5.69. The zero-order chi connectivity index (χ0) is 8.39. The average Bonchev–Trinajstić information content (AvgIpc) is 2.57. The minimum Gasteiger partial charge on any atom is -0.382 e. The van der Waals surface area contributed by atoms with Crippen LogP contribution in [0, 0.1) is 0 Å². The van der Waals surface area contributed by atoms with E-state index in [2.05, 4.69) is 15.2 Å². The average molecular weight is 164 g/mol. The van der Waals surface area contributed by atoms with Crippen molar-refractivity contribution in [3.8, 4) is 0 Å². The fraction of sp³-hybridized carbons (Fsp3) is 0.625. The Balaban J connectivity index is 2.26. The lowest BCUT2D eigenvalue weighted by molar-refractivity contribution is 0.676. The third kappa shape index (κ3) is 1.24. The lowest BCUT2D eigenvalue weighted by Crippen LogP contribution is -2.05. The maximum Gasteiger partial charge on any atom is 0.149 e. The molecule has 2 rings (SSSR count). The topological polar surface area (TPSA) is 64.7 Å². The number of aromatic nitrogens is 3. The summed E-state index contributed by atoms with van der Waals surface area (Å²) in [6.45, 7) is 0. The number of anilines is 1. The van der Waals surface area contributed by atoms with Gasteiger partial charge < -0.3 is 5.73 Å². The predicted octanol–water partition coefficient (Wildman–Crippen LogP) is 1.11. The van der Waals surface area contributed by atoms with Crippen molar-refractivity contribution in [2.75, 3.05) is 5.73 Å².